The van der Waals surface area contributed by atoms with Crippen molar-refractivity contribution in [1.82, 2.24) is 0 Å². The Morgan fingerprint density at radius 3 is 1.45 bits per heavy atom. The van der Waals surface area contributed by atoms with E-state index >= 15 is 0 Å². The minimum atomic E-state index is -1.19. The van der Waals surface area contributed by atoms with Crippen LogP contribution in [0.4, 0.5) is 0 Å². The van der Waals surface area contributed by atoms with E-state index in [1.54, 1.807) is 0 Å². The molecule has 0 atom stereocenters. The molecule has 4 nitrogen and oxygen atoms in total. The molecule has 0 saturated carbocycles. The lowest BCUT2D eigenvalue weighted by atomic mass is 10.2. The van der Waals surface area contributed by atoms with Gasteiger partial charge in [-0.05, 0) is 38.7 Å². The fraction of sp³-hybridized carbons (Fsp3) is 0.833. The Kier molecular flexibility index (Phi) is 16.0. The Hall–Kier alpha value is -0.870. The van der Waals surface area contributed by atoms with E-state index in [2.05, 4.69) is 34.3 Å². The molecule has 0 heterocycles. The van der Waals surface area contributed by atoms with E-state index in [4.69, 9.17) is 4.84 Å². The summed E-state index contributed by atoms with van der Waals surface area (Å²) in [7, 11) is 0. The Labute approximate surface area is 137 Å². The molecular formula is C18H37NO3. The first-order valence-electron chi connectivity index (χ1n) is 8.76. The number of carboxylic acid groups (broad SMARTS) is 1. The third kappa shape index (κ3) is 12.8. The van der Waals surface area contributed by atoms with Crippen LogP contribution in [0.25, 0.3) is 0 Å². The molecule has 0 saturated heterocycles. The van der Waals surface area contributed by atoms with E-state index in [0.29, 0.717) is 0 Å². The summed E-state index contributed by atoms with van der Waals surface area (Å²) in [6.07, 6.45) is 7.66. The molecule has 0 radical (unpaired) electrons. The molecule has 0 aromatic rings. The number of nitrogens with zero attached hydrogens (tertiary/aromatic N) is 1. The number of carboxylic acids is 1. The number of hydrogen-bond acceptors (Lipinski definition) is 3. The molecule has 0 bridgehead atoms. The molecule has 0 aliphatic heterocycles. The molecule has 0 spiro atoms. The maximum atomic E-state index is 9.49. The number of quaternary nitrogens is 1. The lowest BCUT2D eigenvalue weighted by Gasteiger charge is -2.35. The largest absolute Gasteiger partial charge is 0.545 e. The zero-order chi connectivity index (χ0) is 17.4. The van der Waals surface area contributed by atoms with Crippen LogP contribution in [0.15, 0.2) is 12.2 Å². The lowest BCUT2D eigenvalue weighted by Crippen LogP contribution is -2.50. The molecule has 0 rings (SSSR count). The number of unbranched alkanes of at least 4 members (excludes halogenated alkanes) is 3. The van der Waals surface area contributed by atoms with Gasteiger partial charge in [-0.25, -0.2) is 4.84 Å². The van der Waals surface area contributed by atoms with Crippen LogP contribution in [0.2, 0.25) is 0 Å². The summed E-state index contributed by atoms with van der Waals surface area (Å²) in [5.41, 5.74) is 0.0648. The minimum absolute atomic E-state index is 0.0648. The fourth-order valence-electron chi connectivity index (χ4n) is 2.14. The summed E-state index contributed by atoms with van der Waals surface area (Å²) in [5, 5.41) is 9.49. The van der Waals surface area contributed by atoms with Crippen LogP contribution >= 0.6 is 0 Å². The van der Waals surface area contributed by atoms with Gasteiger partial charge < -0.3 is 9.90 Å². The summed E-state index contributed by atoms with van der Waals surface area (Å²) in [4.78, 5) is 15.6. The van der Waals surface area contributed by atoms with Crippen LogP contribution in [0.3, 0.4) is 0 Å². The van der Waals surface area contributed by atoms with Gasteiger partial charge in [0.1, 0.15) is 26.2 Å². The number of carbonyl (C=O) groups is 1. The molecule has 0 amide bonds. The highest BCUT2D eigenvalue weighted by atomic mass is 16.7. The summed E-state index contributed by atoms with van der Waals surface area (Å²) in [6, 6.07) is 0. The first kappa shape index (κ1) is 23.4. The van der Waals surface area contributed by atoms with Crippen molar-refractivity contribution in [2.24, 2.45) is 0 Å². The second-order valence-electron chi connectivity index (χ2n) is 5.78. The monoisotopic (exact) mass is 315 g/mol. The first-order chi connectivity index (χ1) is 10.4. The van der Waals surface area contributed by atoms with Crippen molar-refractivity contribution in [2.45, 2.75) is 73.1 Å². The van der Waals surface area contributed by atoms with Crippen LogP contribution in [-0.2, 0) is 9.63 Å². The number of hydrogen-bond donors (Lipinski definition) is 0. The second-order valence-corrected chi connectivity index (χ2v) is 5.78. The maximum absolute atomic E-state index is 9.49. The third-order valence-electron chi connectivity index (χ3n) is 3.51. The highest BCUT2D eigenvalue weighted by molar-refractivity contribution is 5.82. The molecule has 0 fully saturated rings. The molecule has 0 N–H and O–H groups in total. The van der Waals surface area contributed by atoms with E-state index in [0.717, 1.165) is 11.3 Å². The predicted octanol–water partition coefficient (Wildman–Crippen LogP) is 3.47. The normalized spacial score (nSPS) is 10.8. The smallest absolute Gasteiger partial charge is 0.109 e. The predicted molar refractivity (Wildman–Crippen MR) is 91.0 cm³/mol. The Bertz CT molecular complexity index is 256. The van der Waals surface area contributed by atoms with Gasteiger partial charge in [-0.2, -0.15) is 4.65 Å². The molecule has 0 aliphatic rings. The van der Waals surface area contributed by atoms with Gasteiger partial charge >= 0.3 is 0 Å². The van der Waals surface area contributed by atoms with Crippen molar-refractivity contribution in [3.63, 3.8) is 0 Å². The third-order valence-corrected chi connectivity index (χ3v) is 3.51. The quantitative estimate of drug-likeness (QED) is 0.315. The van der Waals surface area contributed by atoms with Crippen LogP contribution in [0, 0.1) is 0 Å². The SMILES string of the molecule is C=C(C)C(=O)[O-].CCCC[N+](CCCC)(CCCC)OCC. The summed E-state index contributed by atoms with van der Waals surface area (Å²) in [6.45, 7) is 17.8. The van der Waals surface area contributed by atoms with Crippen LogP contribution in [-0.4, -0.2) is 36.9 Å². The van der Waals surface area contributed by atoms with Gasteiger partial charge in [0.05, 0.1) is 5.97 Å². The van der Waals surface area contributed by atoms with E-state index in [9.17, 15) is 9.90 Å². The topological polar surface area (TPSA) is 49.4 Å². The molecule has 132 valence electrons. The molecule has 4 heteroatoms. The van der Waals surface area contributed by atoms with Gasteiger partial charge in [-0.1, -0.05) is 46.6 Å². The van der Waals surface area contributed by atoms with Crippen LogP contribution in [0.5, 0.6) is 0 Å². The standard InChI is InChI=1S/C14H32NO.C4H6O2/c1-5-9-12-15(16-8-4,13-10-6-2)14-11-7-3;1-3(2)4(5)6/h5-14H2,1-4H3;1H2,2H3,(H,5,6)/q+1;/p-1. The average Bonchev–Trinajstić information content (AvgIpc) is 2.49. The summed E-state index contributed by atoms with van der Waals surface area (Å²) < 4.78 is 0.909. The average molecular weight is 315 g/mol. The van der Waals surface area contributed by atoms with Gasteiger partial charge in [-0.3, -0.25) is 0 Å². The highest BCUT2D eigenvalue weighted by Crippen LogP contribution is 2.15. The molecule has 0 unspecified atom stereocenters. The van der Waals surface area contributed by atoms with Gasteiger partial charge in [0.25, 0.3) is 0 Å². The van der Waals surface area contributed by atoms with E-state index in [1.165, 1.54) is 65.1 Å². The number of rotatable bonds is 12. The Balaban J connectivity index is 0. The van der Waals surface area contributed by atoms with Gasteiger partial charge in [0, 0.05) is 0 Å². The van der Waals surface area contributed by atoms with Gasteiger partial charge in [0.2, 0.25) is 0 Å². The van der Waals surface area contributed by atoms with E-state index in [1.807, 2.05) is 0 Å². The molecule has 0 aromatic carbocycles. The van der Waals surface area contributed by atoms with Crippen molar-refractivity contribution in [1.29, 1.82) is 0 Å². The lowest BCUT2D eigenvalue weighted by molar-refractivity contribution is -1.11. The van der Waals surface area contributed by atoms with Crippen LogP contribution < -0.4 is 5.11 Å². The Morgan fingerprint density at radius 1 is 0.955 bits per heavy atom. The zero-order valence-electron chi connectivity index (χ0n) is 15.5. The number of carbonyl (C=O) groups excluding carboxylic acids is 1. The van der Waals surface area contributed by atoms with Crippen molar-refractivity contribution >= 4 is 5.97 Å². The molecule has 0 aromatic heterocycles. The molecule has 22 heavy (non-hydrogen) atoms. The van der Waals surface area contributed by atoms with Crippen molar-refractivity contribution in [3.8, 4) is 0 Å². The highest BCUT2D eigenvalue weighted by Gasteiger charge is 2.27. The summed E-state index contributed by atoms with van der Waals surface area (Å²) >= 11 is 0. The number of aliphatic carboxylic acids is 1. The van der Waals surface area contributed by atoms with Gasteiger partial charge in [0.15, 0.2) is 0 Å². The van der Waals surface area contributed by atoms with Crippen molar-refractivity contribution < 1.29 is 19.4 Å². The fourth-order valence-corrected chi connectivity index (χ4v) is 2.14. The summed E-state index contributed by atoms with van der Waals surface area (Å²) in [5.74, 6) is -1.19. The minimum Gasteiger partial charge on any atom is -0.545 e. The van der Waals surface area contributed by atoms with E-state index < -0.39 is 5.97 Å². The van der Waals surface area contributed by atoms with Crippen LogP contribution in [0.1, 0.15) is 73.1 Å². The number of hydroxylamine groups is 3. The van der Waals surface area contributed by atoms with Crippen molar-refractivity contribution in [3.05, 3.63) is 12.2 Å². The first-order valence-corrected chi connectivity index (χ1v) is 8.76. The maximum Gasteiger partial charge on any atom is 0.109 e. The van der Waals surface area contributed by atoms with Crippen molar-refractivity contribution in [2.75, 3.05) is 26.2 Å². The van der Waals surface area contributed by atoms with E-state index in [-0.39, 0.29) is 5.57 Å². The zero-order valence-corrected chi connectivity index (χ0v) is 15.5. The second kappa shape index (κ2) is 15.0. The Morgan fingerprint density at radius 2 is 1.27 bits per heavy atom. The van der Waals surface area contributed by atoms with Gasteiger partial charge in [-0.15, -0.1) is 0 Å². The molecular weight excluding hydrogens is 278 g/mol. The molecule has 0 aliphatic carbocycles.